The quantitative estimate of drug-likeness (QED) is 0.571. The van der Waals surface area contributed by atoms with Crippen LogP contribution in [0.1, 0.15) is 20.7 Å². The number of morpholine rings is 2. The molecule has 0 aromatic heterocycles. The molecule has 2 saturated heterocycles. The Morgan fingerprint density at radius 3 is 2.57 bits per heavy atom. The van der Waals surface area contributed by atoms with E-state index in [0.29, 0.717) is 62.9 Å². The highest BCUT2D eigenvalue weighted by molar-refractivity contribution is 5.95. The summed E-state index contributed by atoms with van der Waals surface area (Å²) in [5.41, 5.74) is 0.977. The predicted molar refractivity (Wildman–Crippen MR) is 128 cm³/mol. The molecule has 188 valence electrons. The van der Waals surface area contributed by atoms with Crippen LogP contribution in [0, 0.1) is 5.82 Å². The van der Waals surface area contributed by atoms with E-state index in [2.05, 4.69) is 4.90 Å². The third-order valence-electron chi connectivity index (χ3n) is 6.33. The summed E-state index contributed by atoms with van der Waals surface area (Å²) in [4.78, 5) is 32.2. The van der Waals surface area contributed by atoms with Gasteiger partial charge in [0.2, 0.25) is 0 Å². The van der Waals surface area contributed by atoms with Crippen LogP contribution in [-0.4, -0.2) is 105 Å². The van der Waals surface area contributed by atoms with E-state index in [1.165, 1.54) is 24.3 Å². The van der Waals surface area contributed by atoms with E-state index in [1.54, 1.807) is 41.2 Å². The van der Waals surface area contributed by atoms with Gasteiger partial charge in [0.1, 0.15) is 11.6 Å². The monoisotopic (exact) mass is 485 g/mol. The van der Waals surface area contributed by atoms with Gasteiger partial charge in [0.05, 0.1) is 33.0 Å². The summed E-state index contributed by atoms with van der Waals surface area (Å²) in [6.45, 7) is 5.84. The molecule has 0 bridgehead atoms. The van der Waals surface area contributed by atoms with Crippen LogP contribution in [0.2, 0.25) is 0 Å². The van der Waals surface area contributed by atoms with Crippen molar-refractivity contribution >= 4 is 11.8 Å². The lowest BCUT2D eigenvalue weighted by atomic mass is 10.1. The van der Waals surface area contributed by atoms with Crippen molar-refractivity contribution in [2.45, 2.75) is 6.10 Å². The second-order valence-corrected chi connectivity index (χ2v) is 8.69. The molecule has 0 aliphatic carbocycles. The van der Waals surface area contributed by atoms with Gasteiger partial charge in [-0.2, -0.15) is 0 Å². The van der Waals surface area contributed by atoms with Gasteiger partial charge in [-0.25, -0.2) is 4.39 Å². The zero-order chi connectivity index (χ0) is 24.6. The van der Waals surface area contributed by atoms with Crippen LogP contribution in [0.25, 0.3) is 0 Å². The lowest BCUT2D eigenvalue weighted by Gasteiger charge is -2.37. The van der Waals surface area contributed by atoms with Gasteiger partial charge in [-0.05, 0) is 42.5 Å². The second kappa shape index (κ2) is 12.1. The van der Waals surface area contributed by atoms with E-state index in [4.69, 9.17) is 14.2 Å². The Morgan fingerprint density at radius 1 is 1.06 bits per heavy atom. The minimum Gasteiger partial charge on any atom is -0.497 e. The van der Waals surface area contributed by atoms with E-state index in [0.717, 1.165) is 19.6 Å². The SMILES string of the molecule is COc1cccc(C(=O)N(CCN2CCOCC2)C[C@@H]2CN(C(=O)c3ccc(F)cc3)CCO2)c1. The first kappa shape index (κ1) is 25.1. The molecular formula is C26H32FN3O5. The Bertz CT molecular complexity index is 997. The van der Waals surface area contributed by atoms with Crippen LogP contribution in [0.15, 0.2) is 48.5 Å². The molecule has 9 heteroatoms. The Labute approximate surface area is 205 Å². The third-order valence-corrected chi connectivity index (χ3v) is 6.33. The average Bonchev–Trinajstić information content (AvgIpc) is 2.91. The van der Waals surface area contributed by atoms with Crippen LogP contribution in [-0.2, 0) is 9.47 Å². The molecule has 1 atom stereocenters. The number of hydrogen-bond donors (Lipinski definition) is 0. The van der Waals surface area contributed by atoms with Gasteiger partial charge in [0, 0.05) is 56.9 Å². The molecule has 35 heavy (non-hydrogen) atoms. The molecule has 2 heterocycles. The molecule has 0 spiro atoms. The molecule has 2 aliphatic rings. The van der Waals surface area contributed by atoms with Crippen molar-refractivity contribution in [3.05, 3.63) is 65.5 Å². The van der Waals surface area contributed by atoms with Crippen molar-refractivity contribution in [3.63, 3.8) is 0 Å². The maximum Gasteiger partial charge on any atom is 0.254 e. The van der Waals surface area contributed by atoms with Crippen LogP contribution < -0.4 is 4.74 Å². The van der Waals surface area contributed by atoms with Crippen LogP contribution >= 0.6 is 0 Å². The van der Waals surface area contributed by atoms with Crippen molar-refractivity contribution in [2.75, 3.05) is 72.7 Å². The molecule has 0 radical (unpaired) electrons. The van der Waals surface area contributed by atoms with Gasteiger partial charge in [-0.15, -0.1) is 0 Å². The Hall–Kier alpha value is -3.01. The molecular weight excluding hydrogens is 453 g/mol. The number of halogens is 1. The third kappa shape index (κ3) is 6.78. The van der Waals surface area contributed by atoms with Crippen LogP contribution in [0.3, 0.4) is 0 Å². The molecule has 4 rings (SSSR count). The number of ether oxygens (including phenoxy) is 3. The standard InChI is InChI=1S/C26H32FN3O5/c1-33-23-4-2-3-21(17-23)26(32)29(10-9-28-11-14-34-15-12-28)18-24-19-30(13-16-35-24)25(31)20-5-7-22(27)8-6-20/h2-8,17,24H,9-16,18-19H2,1H3/t24-/m1/s1. The normalized spacial score (nSPS) is 18.8. The summed E-state index contributed by atoms with van der Waals surface area (Å²) in [5, 5.41) is 0. The summed E-state index contributed by atoms with van der Waals surface area (Å²) in [7, 11) is 1.57. The highest BCUT2D eigenvalue weighted by Gasteiger charge is 2.29. The van der Waals surface area contributed by atoms with E-state index < -0.39 is 0 Å². The summed E-state index contributed by atoms with van der Waals surface area (Å²) in [5.74, 6) is -0.0395. The van der Waals surface area contributed by atoms with Crippen molar-refractivity contribution in [1.82, 2.24) is 14.7 Å². The summed E-state index contributed by atoms with van der Waals surface area (Å²) >= 11 is 0. The molecule has 0 N–H and O–H groups in total. The summed E-state index contributed by atoms with van der Waals surface area (Å²) in [6.07, 6.45) is -0.326. The number of carbonyl (C=O) groups is 2. The zero-order valence-corrected chi connectivity index (χ0v) is 20.0. The summed E-state index contributed by atoms with van der Waals surface area (Å²) < 4.78 is 30.0. The number of rotatable bonds is 8. The number of nitrogens with zero attached hydrogens (tertiary/aromatic N) is 3. The van der Waals surface area contributed by atoms with Gasteiger partial charge in [0.25, 0.3) is 11.8 Å². The smallest absolute Gasteiger partial charge is 0.254 e. The zero-order valence-electron chi connectivity index (χ0n) is 20.0. The van der Waals surface area contributed by atoms with Crippen LogP contribution in [0.4, 0.5) is 4.39 Å². The van der Waals surface area contributed by atoms with Gasteiger partial charge in [-0.3, -0.25) is 14.5 Å². The van der Waals surface area contributed by atoms with Crippen molar-refractivity contribution in [1.29, 1.82) is 0 Å². The number of methoxy groups -OCH3 is 1. The second-order valence-electron chi connectivity index (χ2n) is 8.69. The van der Waals surface area contributed by atoms with Crippen molar-refractivity contribution in [2.24, 2.45) is 0 Å². The molecule has 2 amide bonds. The highest BCUT2D eigenvalue weighted by Crippen LogP contribution is 2.17. The number of amides is 2. The fourth-order valence-electron chi connectivity index (χ4n) is 4.34. The Balaban J connectivity index is 1.45. The number of carbonyl (C=O) groups excluding carboxylic acids is 2. The van der Waals surface area contributed by atoms with E-state index in [-0.39, 0.29) is 23.7 Å². The molecule has 2 aromatic rings. The molecule has 8 nitrogen and oxygen atoms in total. The minimum absolute atomic E-state index is 0.109. The van der Waals surface area contributed by atoms with E-state index >= 15 is 0 Å². The van der Waals surface area contributed by atoms with E-state index in [1.807, 2.05) is 0 Å². The maximum atomic E-state index is 13.5. The Morgan fingerprint density at radius 2 is 1.83 bits per heavy atom. The maximum absolute atomic E-state index is 13.5. The van der Waals surface area contributed by atoms with E-state index in [9.17, 15) is 14.0 Å². The lowest BCUT2D eigenvalue weighted by molar-refractivity contribution is -0.0346. The first-order valence-corrected chi connectivity index (χ1v) is 11.9. The number of hydrogen-bond acceptors (Lipinski definition) is 6. The molecule has 0 saturated carbocycles. The molecule has 2 aromatic carbocycles. The first-order valence-electron chi connectivity index (χ1n) is 11.9. The molecule has 2 aliphatic heterocycles. The van der Waals surface area contributed by atoms with Crippen LogP contribution in [0.5, 0.6) is 5.75 Å². The van der Waals surface area contributed by atoms with Gasteiger partial charge >= 0.3 is 0 Å². The van der Waals surface area contributed by atoms with Crippen molar-refractivity contribution in [3.8, 4) is 5.75 Å². The van der Waals surface area contributed by atoms with Crippen molar-refractivity contribution < 1.29 is 28.2 Å². The molecule has 2 fully saturated rings. The van der Waals surface area contributed by atoms with Gasteiger partial charge in [-0.1, -0.05) is 6.07 Å². The first-order chi connectivity index (χ1) is 17.0. The minimum atomic E-state index is -0.381. The number of benzene rings is 2. The fourth-order valence-corrected chi connectivity index (χ4v) is 4.34. The highest BCUT2D eigenvalue weighted by atomic mass is 19.1. The average molecular weight is 486 g/mol. The lowest BCUT2D eigenvalue weighted by Crippen LogP contribution is -2.52. The summed E-state index contributed by atoms with van der Waals surface area (Å²) in [6, 6.07) is 12.7. The fraction of sp³-hybridized carbons (Fsp3) is 0.462. The predicted octanol–water partition coefficient (Wildman–Crippen LogP) is 2.15. The van der Waals surface area contributed by atoms with Gasteiger partial charge < -0.3 is 24.0 Å². The topological polar surface area (TPSA) is 71.6 Å². The molecule has 0 unspecified atom stereocenters. The Kier molecular flexibility index (Phi) is 8.68. The largest absolute Gasteiger partial charge is 0.497 e. The van der Waals surface area contributed by atoms with Gasteiger partial charge in [0.15, 0.2) is 0 Å².